The molecule has 0 fully saturated rings. The lowest BCUT2D eigenvalue weighted by Gasteiger charge is -2.23. The first-order valence-electron chi connectivity index (χ1n) is 9.25. The van der Waals surface area contributed by atoms with Gasteiger partial charge in [0.1, 0.15) is 30.1 Å². The van der Waals surface area contributed by atoms with Crippen LogP contribution in [0.5, 0.6) is 11.5 Å². The molecule has 1 spiro atoms. The molecule has 1 amide bonds. The molecule has 0 radical (unpaired) electrons. The number of hydrogen-bond donors (Lipinski definition) is 0. The lowest BCUT2D eigenvalue weighted by Crippen LogP contribution is -2.44. The number of benzene rings is 2. The highest BCUT2D eigenvalue weighted by molar-refractivity contribution is 6.31. The van der Waals surface area contributed by atoms with E-state index in [1.165, 1.54) is 4.90 Å². The topological polar surface area (TPSA) is 65.1 Å². The summed E-state index contributed by atoms with van der Waals surface area (Å²) in [5.74, 6) is 0.796. The van der Waals surface area contributed by atoms with E-state index in [4.69, 9.17) is 25.8 Å². The van der Waals surface area contributed by atoms with Crippen LogP contribution in [0.1, 0.15) is 23.6 Å². The molecule has 7 heteroatoms. The smallest absolute Gasteiger partial charge is 0.326 e. The Hall–Kier alpha value is -2.73. The van der Waals surface area contributed by atoms with Gasteiger partial charge in [-0.15, -0.1) is 0 Å². The third-order valence-corrected chi connectivity index (χ3v) is 5.84. The molecule has 0 aromatic heterocycles. The van der Waals surface area contributed by atoms with E-state index >= 15 is 0 Å². The van der Waals surface area contributed by atoms with Crippen molar-refractivity contribution in [3.05, 3.63) is 52.0 Å². The van der Waals surface area contributed by atoms with Crippen LogP contribution < -0.4 is 14.4 Å². The molecular formula is C21H18ClNO5. The van der Waals surface area contributed by atoms with Crippen molar-refractivity contribution in [2.45, 2.75) is 18.8 Å². The lowest BCUT2D eigenvalue weighted by atomic mass is 9.77. The zero-order valence-corrected chi connectivity index (χ0v) is 16.0. The minimum Gasteiger partial charge on any atom is -0.493 e. The summed E-state index contributed by atoms with van der Waals surface area (Å²) in [5, 5.41) is 0.523. The number of carbonyl (C=O) groups is 2. The molecule has 0 aliphatic carbocycles. The highest BCUT2D eigenvalue weighted by Gasteiger charge is 2.57. The Morgan fingerprint density at radius 3 is 2.89 bits per heavy atom. The summed E-state index contributed by atoms with van der Waals surface area (Å²) >= 11 is 6.27. The predicted octanol–water partition coefficient (Wildman–Crippen LogP) is 2.86. The lowest BCUT2D eigenvalue weighted by molar-refractivity contribution is -0.142. The third kappa shape index (κ3) is 2.27. The van der Waals surface area contributed by atoms with Gasteiger partial charge < -0.3 is 14.2 Å². The van der Waals surface area contributed by atoms with E-state index in [2.05, 4.69) is 0 Å². The monoisotopic (exact) mass is 399 g/mol. The standard InChI is InChI=1S/C21H18ClNO5/c1-2-26-19(24)10-23-16-4-3-13(22)8-14(16)21(20(23)25)11-28-18-7-12-5-6-27-17(12)9-15(18)21/h3-4,7-9H,2,5-6,10-11H2,1H3. The van der Waals surface area contributed by atoms with Gasteiger partial charge in [-0.05, 0) is 37.3 Å². The summed E-state index contributed by atoms with van der Waals surface area (Å²) in [4.78, 5) is 27.3. The van der Waals surface area contributed by atoms with E-state index in [0.29, 0.717) is 23.1 Å². The van der Waals surface area contributed by atoms with Crippen LogP contribution >= 0.6 is 11.6 Å². The van der Waals surface area contributed by atoms with Crippen LogP contribution in [0.15, 0.2) is 30.3 Å². The third-order valence-electron chi connectivity index (χ3n) is 5.61. The molecule has 0 bridgehead atoms. The van der Waals surface area contributed by atoms with Crippen molar-refractivity contribution in [3.8, 4) is 11.5 Å². The quantitative estimate of drug-likeness (QED) is 0.742. The van der Waals surface area contributed by atoms with Gasteiger partial charge >= 0.3 is 5.97 Å². The van der Waals surface area contributed by atoms with Gasteiger partial charge in [0.05, 0.1) is 13.2 Å². The van der Waals surface area contributed by atoms with Crippen molar-refractivity contribution >= 4 is 29.2 Å². The van der Waals surface area contributed by atoms with Crippen LogP contribution in [0.2, 0.25) is 5.02 Å². The molecule has 0 saturated carbocycles. The molecule has 1 atom stereocenters. The van der Waals surface area contributed by atoms with Gasteiger partial charge in [-0.2, -0.15) is 0 Å². The number of halogens is 1. The number of hydrogen-bond acceptors (Lipinski definition) is 5. The molecule has 0 N–H and O–H groups in total. The summed E-state index contributed by atoms with van der Waals surface area (Å²) in [6, 6.07) is 9.13. The van der Waals surface area contributed by atoms with Gasteiger partial charge in [0.15, 0.2) is 0 Å². The van der Waals surface area contributed by atoms with Gasteiger partial charge in [0.25, 0.3) is 0 Å². The summed E-state index contributed by atoms with van der Waals surface area (Å²) < 4.78 is 16.7. The molecule has 0 saturated heterocycles. The Kier molecular flexibility index (Phi) is 3.81. The average molecular weight is 400 g/mol. The van der Waals surface area contributed by atoms with Crippen molar-refractivity contribution in [2.24, 2.45) is 0 Å². The highest BCUT2D eigenvalue weighted by atomic mass is 35.5. The number of rotatable bonds is 3. The maximum absolute atomic E-state index is 13.7. The molecule has 3 aliphatic rings. The highest BCUT2D eigenvalue weighted by Crippen LogP contribution is 2.54. The van der Waals surface area contributed by atoms with Crippen LogP contribution in [0, 0.1) is 0 Å². The van der Waals surface area contributed by atoms with Gasteiger partial charge in [-0.3, -0.25) is 14.5 Å². The first-order valence-corrected chi connectivity index (χ1v) is 9.63. The predicted molar refractivity (Wildman–Crippen MR) is 102 cm³/mol. The molecule has 3 aliphatic heterocycles. The van der Waals surface area contributed by atoms with Crippen molar-refractivity contribution in [2.75, 3.05) is 31.3 Å². The Morgan fingerprint density at radius 2 is 2.07 bits per heavy atom. The van der Waals surface area contributed by atoms with Crippen molar-refractivity contribution in [3.63, 3.8) is 0 Å². The largest absolute Gasteiger partial charge is 0.493 e. The van der Waals surface area contributed by atoms with Crippen LogP contribution in [0.25, 0.3) is 0 Å². The first-order chi connectivity index (χ1) is 13.5. The summed E-state index contributed by atoms with van der Waals surface area (Å²) in [6.45, 7) is 2.63. The molecule has 5 rings (SSSR count). The van der Waals surface area contributed by atoms with Crippen molar-refractivity contribution < 1.29 is 23.8 Å². The van der Waals surface area contributed by atoms with Gasteiger partial charge in [0.2, 0.25) is 5.91 Å². The molecule has 144 valence electrons. The fourth-order valence-electron chi connectivity index (χ4n) is 4.35. The van der Waals surface area contributed by atoms with Crippen molar-refractivity contribution in [1.82, 2.24) is 0 Å². The van der Waals surface area contributed by atoms with E-state index < -0.39 is 11.4 Å². The van der Waals surface area contributed by atoms with E-state index in [-0.39, 0.29) is 25.7 Å². The normalized spacial score (nSPS) is 21.2. The van der Waals surface area contributed by atoms with E-state index in [9.17, 15) is 9.59 Å². The van der Waals surface area contributed by atoms with Gasteiger partial charge in [-0.25, -0.2) is 0 Å². The number of fused-ring (bicyclic) bond motifs is 5. The van der Waals surface area contributed by atoms with Crippen LogP contribution in [0.3, 0.4) is 0 Å². The average Bonchev–Trinajstić information content (AvgIpc) is 3.33. The molecule has 2 aromatic carbocycles. The Morgan fingerprint density at radius 1 is 1.21 bits per heavy atom. The second-order valence-electron chi connectivity index (χ2n) is 7.11. The number of esters is 1. The van der Waals surface area contributed by atoms with Gasteiger partial charge in [0, 0.05) is 33.8 Å². The minimum absolute atomic E-state index is 0.153. The van der Waals surface area contributed by atoms with Crippen LogP contribution in [0.4, 0.5) is 5.69 Å². The number of anilines is 1. The minimum atomic E-state index is -1.04. The maximum atomic E-state index is 13.7. The van der Waals surface area contributed by atoms with E-state index in [0.717, 1.165) is 28.9 Å². The molecule has 28 heavy (non-hydrogen) atoms. The Balaban J connectivity index is 1.67. The summed E-state index contributed by atoms with van der Waals surface area (Å²) in [7, 11) is 0. The SMILES string of the molecule is CCOC(=O)CN1C(=O)C2(COc3cc4c(cc32)OCC4)c2cc(Cl)ccc21. The molecule has 3 heterocycles. The molecule has 1 unspecified atom stereocenters. The molecular weight excluding hydrogens is 382 g/mol. The zero-order valence-electron chi connectivity index (χ0n) is 15.3. The fraction of sp³-hybridized carbons (Fsp3) is 0.333. The zero-order chi connectivity index (χ0) is 19.5. The maximum Gasteiger partial charge on any atom is 0.326 e. The second kappa shape index (κ2) is 6.14. The summed E-state index contributed by atoms with van der Waals surface area (Å²) in [6.07, 6.45) is 0.824. The molecule has 6 nitrogen and oxygen atoms in total. The Bertz CT molecular complexity index is 1020. The van der Waals surface area contributed by atoms with E-state index in [1.807, 2.05) is 12.1 Å². The van der Waals surface area contributed by atoms with Crippen LogP contribution in [-0.2, 0) is 26.2 Å². The number of carbonyl (C=O) groups excluding carboxylic acids is 2. The second-order valence-corrected chi connectivity index (χ2v) is 7.54. The number of amides is 1. The van der Waals surface area contributed by atoms with Gasteiger partial charge in [-0.1, -0.05) is 11.6 Å². The number of nitrogens with zero attached hydrogens (tertiary/aromatic N) is 1. The Labute approximate surface area is 166 Å². The molecule has 2 aromatic rings. The van der Waals surface area contributed by atoms with Crippen molar-refractivity contribution in [1.29, 1.82) is 0 Å². The number of ether oxygens (including phenoxy) is 3. The summed E-state index contributed by atoms with van der Waals surface area (Å²) in [5.41, 5.74) is 2.19. The fourth-order valence-corrected chi connectivity index (χ4v) is 4.52. The first kappa shape index (κ1) is 17.4. The van der Waals surface area contributed by atoms with Crippen LogP contribution in [-0.4, -0.2) is 38.2 Å². The van der Waals surface area contributed by atoms with E-state index in [1.54, 1.807) is 25.1 Å².